The number of hydrogen-bond acceptors (Lipinski definition) is 8. The van der Waals surface area contributed by atoms with E-state index in [0.717, 1.165) is 0 Å². The normalized spacial score (nSPS) is 17.8. The van der Waals surface area contributed by atoms with Crippen molar-refractivity contribution in [2.75, 3.05) is 62.3 Å². The summed E-state index contributed by atoms with van der Waals surface area (Å²) in [5, 5.41) is 2.61. The van der Waals surface area contributed by atoms with E-state index in [1.54, 1.807) is 29.4 Å². The van der Waals surface area contributed by atoms with E-state index < -0.39 is 18.0 Å². The minimum atomic E-state index is -0.593. The number of carbonyl (C=O) groups excluding carboxylic acids is 3. The third-order valence-electron chi connectivity index (χ3n) is 6.01. The van der Waals surface area contributed by atoms with Crippen LogP contribution in [0.4, 0.5) is 20.8 Å². The maximum atomic E-state index is 15.0. The molecule has 0 bridgehead atoms. The molecule has 2 aliphatic rings. The van der Waals surface area contributed by atoms with Crippen LogP contribution in [0.2, 0.25) is 0 Å². The Morgan fingerprint density at radius 2 is 1.92 bits per heavy atom. The predicted octanol–water partition coefficient (Wildman–Crippen LogP) is 1.43. The molecule has 0 unspecified atom stereocenters. The van der Waals surface area contributed by atoms with Gasteiger partial charge in [0.25, 0.3) is 0 Å². The Morgan fingerprint density at radius 1 is 1.19 bits per heavy atom. The van der Waals surface area contributed by atoms with Crippen LogP contribution in [0.25, 0.3) is 11.1 Å². The summed E-state index contributed by atoms with van der Waals surface area (Å²) in [6, 6.07) is 4.47. The van der Waals surface area contributed by atoms with Crippen LogP contribution in [0.15, 0.2) is 30.6 Å². The second kappa shape index (κ2) is 11.3. The predicted molar refractivity (Wildman–Crippen MR) is 129 cm³/mol. The number of cyclic esters (lactones) is 1. The van der Waals surface area contributed by atoms with Crippen LogP contribution in [0.3, 0.4) is 0 Å². The fourth-order valence-electron chi connectivity index (χ4n) is 4.06. The Kier molecular flexibility index (Phi) is 7.93. The van der Waals surface area contributed by atoms with E-state index in [2.05, 4.69) is 15.3 Å². The average molecular weight is 501 g/mol. The largest absolute Gasteiger partial charge is 0.442 e. The standard InChI is InChI=1S/C24H29FN6O5/c1-3-35-15-22(33)29-6-8-30(9-7-29)23-27-11-17(12-28-23)20-5-4-18(10-21(20)25)31-14-19(36-24(31)34)13-26-16(2)32/h4-5,10-12,19H,3,6-9,13-15H2,1-2H3,(H,26,32)/t19-/m0/s1. The second-order valence-corrected chi connectivity index (χ2v) is 8.49. The van der Waals surface area contributed by atoms with Crippen LogP contribution < -0.4 is 15.1 Å². The van der Waals surface area contributed by atoms with E-state index in [1.807, 2.05) is 11.8 Å². The molecule has 3 heterocycles. The van der Waals surface area contributed by atoms with Gasteiger partial charge < -0.3 is 24.6 Å². The molecule has 0 aliphatic carbocycles. The van der Waals surface area contributed by atoms with Crippen molar-refractivity contribution >= 4 is 29.5 Å². The molecule has 2 aromatic rings. The lowest BCUT2D eigenvalue weighted by Gasteiger charge is -2.34. The van der Waals surface area contributed by atoms with Crippen molar-refractivity contribution < 1.29 is 28.2 Å². The van der Waals surface area contributed by atoms with Crippen molar-refractivity contribution in [3.05, 3.63) is 36.4 Å². The molecular weight excluding hydrogens is 471 g/mol. The van der Waals surface area contributed by atoms with Crippen LogP contribution in [0, 0.1) is 5.82 Å². The molecule has 12 heteroatoms. The monoisotopic (exact) mass is 500 g/mol. The van der Waals surface area contributed by atoms with Gasteiger partial charge in [-0.3, -0.25) is 14.5 Å². The number of anilines is 2. The van der Waals surface area contributed by atoms with Crippen molar-refractivity contribution in [1.29, 1.82) is 0 Å². The zero-order valence-corrected chi connectivity index (χ0v) is 20.3. The number of benzene rings is 1. The first-order chi connectivity index (χ1) is 17.4. The Morgan fingerprint density at radius 3 is 2.56 bits per heavy atom. The summed E-state index contributed by atoms with van der Waals surface area (Å²) in [5.74, 6) is -0.263. The highest BCUT2D eigenvalue weighted by molar-refractivity contribution is 5.90. The maximum Gasteiger partial charge on any atom is 0.414 e. The second-order valence-electron chi connectivity index (χ2n) is 8.49. The highest BCUT2D eigenvalue weighted by Crippen LogP contribution is 2.29. The summed E-state index contributed by atoms with van der Waals surface area (Å²) in [7, 11) is 0. The molecule has 11 nitrogen and oxygen atoms in total. The topological polar surface area (TPSA) is 117 Å². The first-order valence-electron chi connectivity index (χ1n) is 11.8. The molecule has 0 spiro atoms. The van der Waals surface area contributed by atoms with Crippen molar-refractivity contribution in [2.45, 2.75) is 20.0 Å². The zero-order valence-electron chi connectivity index (χ0n) is 20.3. The molecule has 2 aliphatic heterocycles. The van der Waals surface area contributed by atoms with Crippen LogP contribution in [0.5, 0.6) is 0 Å². The van der Waals surface area contributed by atoms with Crippen LogP contribution in [-0.4, -0.2) is 91.4 Å². The van der Waals surface area contributed by atoms with Crippen molar-refractivity contribution in [3.63, 3.8) is 0 Å². The number of rotatable bonds is 8. The molecule has 1 N–H and O–H groups in total. The number of nitrogens with one attached hydrogen (secondary N) is 1. The Hall–Kier alpha value is -3.80. The van der Waals surface area contributed by atoms with Crippen LogP contribution in [-0.2, 0) is 19.1 Å². The molecule has 1 atom stereocenters. The van der Waals surface area contributed by atoms with Gasteiger partial charge in [0.1, 0.15) is 18.5 Å². The maximum absolute atomic E-state index is 15.0. The first-order valence-corrected chi connectivity index (χ1v) is 11.8. The average Bonchev–Trinajstić information content (AvgIpc) is 3.26. The van der Waals surface area contributed by atoms with Crippen molar-refractivity contribution in [1.82, 2.24) is 20.2 Å². The number of ether oxygens (including phenoxy) is 2. The number of carbonyl (C=O) groups is 3. The number of hydrogen-bond donors (Lipinski definition) is 1. The third-order valence-corrected chi connectivity index (χ3v) is 6.01. The van der Waals surface area contributed by atoms with E-state index in [9.17, 15) is 18.8 Å². The number of amides is 3. The van der Waals surface area contributed by atoms with Crippen molar-refractivity contribution in [3.8, 4) is 11.1 Å². The molecule has 192 valence electrons. The first kappa shape index (κ1) is 25.3. The van der Waals surface area contributed by atoms with Gasteiger partial charge in [0, 0.05) is 63.2 Å². The Labute approximate surface area is 208 Å². The van der Waals surface area contributed by atoms with E-state index in [4.69, 9.17) is 9.47 Å². The molecule has 4 rings (SSSR count). The van der Waals surface area contributed by atoms with Gasteiger partial charge in [-0.2, -0.15) is 0 Å². The lowest BCUT2D eigenvalue weighted by molar-refractivity contribution is -0.136. The van der Waals surface area contributed by atoms with Gasteiger partial charge in [-0.05, 0) is 25.1 Å². The van der Waals surface area contributed by atoms with E-state index in [-0.39, 0.29) is 31.5 Å². The quantitative estimate of drug-likeness (QED) is 0.579. The Balaban J connectivity index is 1.37. The molecule has 0 saturated carbocycles. The van der Waals surface area contributed by atoms with Gasteiger partial charge in [-0.25, -0.2) is 19.2 Å². The molecule has 1 aromatic heterocycles. The molecule has 2 fully saturated rings. The lowest BCUT2D eigenvalue weighted by atomic mass is 10.1. The number of halogens is 1. The van der Waals surface area contributed by atoms with Crippen LogP contribution >= 0.6 is 0 Å². The van der Waals surface area contributed by atoms with Crippen molar-refractivity contribution in [2.24, 2.45) is 0 Å². The SMILES string of the molecule is CCOCC(=O)N1CCN(c2ncc(-c3ccc(N4C[C@H](CNC(C)=O)OC4=O)cc3F)cn2)CC1. The van der Waals surface area contributed by atoms with Gasteiger partial charge in [-0.15, -0.1) is 0 Å². The van der Waals surface area contributed by atoms with Crippen LogP contribution in [0.1, 0.15) is 13.8 Å². The molecule has 0 radical (unpaired) electrons. The smallest absolute Gasteiger partial charge is 0.414 e. The third kappa shape index (κ3) is 5.88. The van der Waals surface area contributed by atoms with Gasteiger partial charge in [-0.1, -0.05) is 0 Å². The van der Waals surface area contributed by atoms with Gasteiger partial charge in [0.05, 0.1) is 18.8 Å². The summed E-state index contributed by atoms with van der Waals surface area (Å²) < 4.78 is 25.4. The molecule has 3 amide bonds. The fraction of sp³-hybridized carbons (Fsp3) is 0.458. The van der Waals surface area contributed by atoms with Gasteiger partial charge >= 0.3 is 6.09 Å². The summed E-state index contributed by atoms with van der Waals surface area (Å²) >= 11 is 0. The van der Waals surface area contributed by atoms with Gasteiger partial charge in [0.15, 0.2) is 0 Å². The summed E-state index contributed by atoms with van der Waals surface area (Å²) in [6.07, 6.45) is 2.01. The summed E-state index contributed by atoms with van der Waals surface area (Å²) in [5.41, 5.74) is 1.17. The van der Waals surface area contributed by atoms with E-state index in [1.165, 1.54) is 17.9 Å². The van der Waals surface area contributed by atoms with E-state index >= 15 is 0 Å². The number of piperazine rings is 1. The van der Waals surface area contributed by atoms with E-state index in [0.29, 0.717) is 55.5 Å². The highest BCUT2D eigenvalue weighted by atomic mass is 19.1. The fourth-order valence-corrected chi connectivity index (χ4v) is 4.06. The minimum Gasteiger partial charge on any atom is -0.442 e. The lowest BCUT2D eigenvalue weighted by Crippen LogP contribution is -2.50. The highest BCUT2D eigenvalue weighted by Gasteiger charge is 2.32. The molecular formula is C24H29FN6O5. The Bertz CT molecular complexity index is 1110. The molecule has 36 heavy (non-hydrogen) atoms. The molecule has 2 saturated heterocycles. The molecule has 1 aromatic carbocycles. The minimum absolute atomic E-state index is 0.0304. The zero-order chi connectivity index (χ0) is 25.7. The van der Waals surface area contributed by atoms with Gasteiger partial charge in [0.2, 0.25) is 17.8 Å². The number of nitrogens with zero attached hydrogens (tertiary/aromatic N) is 5. The summed E-state index contributed by atoms with van der Waals surface area (Å²) in [4.78, 5) is 49.3. The number of aromatic nitrogens is 2. The summed E-state index contributed by atoms with van der Waals surface area (Å²) in [6.45, 7) is 6.51.